The lowest BCUT2D eigenvalue weighted by Crippen LogP contribution is -2.53. The highest BCUT2D eigenvalue weighted by Crippen LogP contribution is 2.37. The van der Waals surface area contributed by atoms with Gasteiger partial charge in [0.2, 0.25) is 5.95 Å². The molecule has 2 atom stereocenters. The normalized spacial score (nSPS) is 22.9. The van der Waals surface area contributed by atoms with Crippen LogP contribution in [-0.2, 0) is 9.84 Å². The van der Waals surface area contributed by atoms with Crippen molar-refractivity contribution < 1.29 is 13.5 Å². The summed E-state index contributed by atoms with van der Waals surface area (Å²) in [7, 11) is -3.24. The smallest absolute Gasteiger partial charge is 0.247 e. The molecule has 202 valence electrons. The summed E-state index contributed by atoms with van der Waals surface area (Å²) in [6.45, 7) is 2.16. The number of anilines is 4. The zero-order valence-electron chi connectivity index (χ0n) is 20.7. The highest BCUT2D eigenvalue weighted by atomic mass is 35.5. The van der Waals surface area contributed by atoms with Crippen LogP contribution >= 0.6 is 11.6 Å². The minimum atomic E-state index is -3.24. The van der Waals surface area contributed by atoms with Crippen LogP contribution in [0.1, 0.15) is 24.1 Å². The van der Waals surface area contributed by atoms with Crippen molar-refractivity contribution in [2.45, 2.75) is 31.0 Å². The Bertz CT molecular complexity index is 1630. The number of halogens is 1. The van der Waals surface area contributed by atoms with E-state index < -0.39 is 22.0 Å². The van der Waals surface area contributed by atoms with Crippen molar-refractivity contribution in [1.82, 2.24) is 24.5 Å². The van der Waals surface area contributed by atoms with E-state index in [2.05, 4.69) is 37.8 Å². The van der Waals surface area contributed by atoms with Gasteiger partial charge in [0.05, 0.1) is 57.9 Å². The summed E-state index contributed by atoms with van der Waals surface area (Å²) in [5.74, 6) is 0.434. The number of hydrogen-bond donors (Lipinski definition) is 3. The SMILES string of the molecule is N#Cc1cc(Nc2nc(NC3CC3)c3ncc(C#N)n3n2)c(Cl)c(N2CCN(C3CS(=O)(=O)C[C@@H]3O)CC2)c1. The number of rotatable bonds is 6. The molecule has 0 amide bonds. The minimum absolute atomic E-state index is 0.0424. The molecular formula is C24H25ClN10O3S. The number of nitrogens with one attached hydrogen (secondary N) is 2. The van der Waals surface area contributed by atoms with Gasteiger partial charge >= 0.3 is 0 Å². The number of hydrogen-bond acceptors (Lipinski definition) is 12. The number of nitriles is 2. The summed E-state index contributed by atoms with van der Waals surface area (Å²) in [6, 6.07) is 7.45. The maximum Gasteiger partial charge on any atom is 0.247 e. The van der Waals surface area contributed by atoms with E-state index in [9.17, 15) is 24.0 Å². The van der Waals surface area contributed by atoms with Crippen molar-refractivity contribution in [3.63, 3.8) is 0 Å². The zero-order valence-corrected chi connectivity index (χ0v) is 22.3. The lowest BCUT2D eigenvalue weighted by atomic mass is 10.1. The molecule has 3 aliphatic rings. The molecule has 6 rings (SSSR count). The Morgan fingerprint density at radius 3 is 2.51 bits per heavy atom. The largest absolute Gasteiger partial charge is 0.390 e. The lowest BCUT2D eigenvalue weighted by Gasteiger charge is -2.40. The molecule has 13 nitrogen and oxygen atoms in total. The number of piperazine rings is 1. The lowest BCUT2D eigenvalue weighted by molar-refractivity contribution is 0.0793. The van der Waals surface area contributed by atoms with Crippen LogP contribution in [0.15, 0.2) is 18.3 Å². The average Bonchev–Trinajstić information content (AvgIpc) is 3.56. The Kier molecular flexibility index (Phi) is 6.43. The second-order valence-corrected chi connectivity index (χ2v) is 12.6. The van der Waals surface area contributed by atoms with Crippen LogP contribution in [0.25, 0.3) is 5.65 Å². The molecule has 2 aromatic heterocycles. The Morgan fingerprint density at radius 2 is 1.87 bits per heavy atom. The maximum absolute atomic E-state index is 12.0. The van der Waals surface area contributed by atoms with E-state index in [1.54, 1.807) is 12.1 Å². The van der Waals surface area contributed by atoms with Gasteiger partial charge in [0, 0.05) is 32.2 Å². The van der Waals surface area contributed by atoms with Gasteiger partial charge in [-0.2, -0.15) is 20.0 Å². The van der Waals surface area contributed by atoms with E-state index in [1.165, 1.54) is 10.7 Å². The molecule has 2 saturated heterocycles. The third-order valence-corrected chi connectivity index (χ3v) is 9.34. The molecule has 3 aromatic rings. The van der Waals surface area contributed by atoms with Crippen LogP contribution in [0.4, 0.5) is 23.1 Å². The van der Waals surface area contributed by atoms with Crippen molar-refractivity contribution in [3.8, 4) is 12.1 Å². The van der Waals surface area contributed by atoms with Gasteiger partial charge in [-0.15, -0.1) is 5.10 Å². The van der Waals surface area contributed by atoms with Gasteiger partial charge < -0.3 is 20.6 Å². The Balaban J connectivity index is 1.27. The van der Waals surface area contributed by atoms with Crippen molar-refractivity contribution in [2.75, 3.05) is 53.2 Å². The van der Waals surface area contributed by atoms with Crippen LogP contribution in [0, 0.1) is 22.7 Å². The molecule has 39 heavy (non-hydrogen) atoms. The summed E-state index contributed by atoms with van der Waals surface area (Å²) in [6.07, 6.45) is 2.59. The topological polar surface area (TPSA) is 176 Å². The molecule has 0 bridgehead atoms. The third kappa shape index (κ3) is 5.04. The minimum Gasteiger partial charge on any atom is -0.390 e. The fraction of sp³-hybridized carbons (Fsp3) is 0.458. The van der Waals surface area contributed by atoms with E-state index in [-0.39, 0.29) is 23.1 Å². The Hall–Kier alpha value is -3.69. The molecule has 15 heteroatoms. The van der Waals surface area contributed by atoms with Crippen LogP contribution in [-0.4, -0.2) is 93.9 Å². The Morgan fingerprint density at radius 1 is 1.10 bits per heavy atom. The predicted octanol–water partition coefficient (Wildman–Crippen LogP) is 1.12. The Labute approximate surface area is 229 Å². The van der Waals surface area contributed by atoms with E-state index >= 15 is 0 Å². The van der Waals surface area contributed by atoms with Crippen LogP contribution in [0.2, 0.25) is 5.02 Å². The molecule has 1 aliphatic carbocycles. The van der Waals surface area contributed by atoms with E-state index in [0.717, 1.165) is 12.8 Å². The quantitative estimate of drug-likeness (QED) is 0.387. The standard InChI is InChI=1S/C24H25ClN10O3S/c25-21-17(30-24-31-22(29-15-1-2-15)23-28-11-16(10-27)35(23)32-24)7-14(9-26)8-18(21)33-3-5-34(6-4-33)19-12-39(37,38)13-20(19)36/h7-8,11,15,19-20,36H,1-6,12-13H2,(H2,29,30,31,32)/t19?,20-/m0/s1. The number of nitrogens with zero attached hydrogens (tertiary/aromatic N) is 8. The van der Waals surface area contributed by atoms with E-state index in [1.807, 2.05) is 9.80 Å². The van der Waals surface area contributed by atoms with Crippen molar-refractivity contribution in [2.24, 2.45) is 0 Å². The van der Waals surface area contributed by atoms with E-state index in [0.29, 0.717) is 65.6 Å². The van der Waals surface area contributed by atoms with Crippen molar-refractivity contribution in [3.05, 3.63) is 34.6 Å². The first-order valence-electron chi connectivity index (χ1n) is 12.6. The third-order valence-electron chi connectivity index (χ3n) is 7.24. The second-order valence-electron chi connectivity index (χ2n) is 10.0. The van der Waals surface area contributed by atoms with Gasteiger partial charge in [0.1, 0.15) is 6.07 Å². The number of benzene rings is 1. The summed E-state index contributed by atoms with van der Waals surface area (Å²) >= 11 is 6.85. The summed E-state index contributed by atoms with van der Waals surface area (Å²) in [5, 5.41) is 40.7. The van der Waals surface area contributed by atoms with Crippen LogP contribution in [0.5, 0.6) is 0 Å². The molecule has 4 heterocycles. The number of aromatic nitrogens is 4. The summed E-state index contributed by atoms with van der Waals surface area (Å²) in [5.41, 5.74) is 2.16. The monoisotopic (exact) mass is 568 g/mol. The molecule has 1 unspecified atom stereocenters. The number of imidazole rings is 1. The van der Waals surface area contributed by atoms with Gasteiger partial charge in [-0.3, -0.25) is 4.90 Å². The fourth-order valence-electron chi connectivity index (χ4n) is 5.10. The highest BCUT2D eigenvalue weighted by molar-refractivity contribution is 7.91. The fourth-order valence-corrected chi connectivity index (χ4v) is 7.21. The zero-order chi connectivity index (χ0) is 27.3. The molecule has 3 N–H and O–H groups in total. The number of aliphatic hydroxyl groups excluding tert-OH is 1. The molecule has 0 spiro atoms. The van der Waals surface area contributed by atoms with Gasteiger partial charge in [0.15, 0.2) is 27.0 Å². The second kappa shape index (κ2) is 9.81. The molecule has 2 aliphatic heterocycles. The van der Waals surface area contributed by atoms with Gasteiger partial charge in [-0.25, -0.2) is 13.4 Å². The van der Waals surface area contributed by atoms with E-state index in [4.69, 9.17) is 11.6 Å². The van der Waals surface area contributed by atoms with Crippen LogP contribution < -0.4 is 15.5 Å². The average molecular weight is 569 g/mol. The number of aliphatic hydroxyl groups is 1. The van der Waals surface area contributed by atoms with Crippen molar-refractivity contribution in [1.29, 1.82) is 10.5 Å². The number of sulfone groups is 1. The van der Waals surface area contributed by atoms with Crippen molar-refractivity contribution >= 4 is 50.2 Å². The first-order valence-corrected chi connectivity index (χ1v) is 14.7. The van der Waals surface area contributed by atoms with Gasteiger partial charge in [0.25, 0.3) is 0 Å². The predicted molar refractivity (Wildman–Crippen MR) is 144 cm³/mol. The molecule has 0 radical (unpaired) electrons. The number of fused-ring (bicyclic) bond motifs is 1. The molecule has 3 fully saturated rings. The first-order chi connectivity index (χ1) is 18.7. The summed E-state index contributed by atoms with van der Waals surface area (Å²) < 4.78 is 25.3. The molecular weight excluding hydrogens is 544 g/mol. The summed E-state index contributed by atoms with van der Waals surface area (Å²) in [4.78, 5) is 12.9. The van der Waals surface area contributed by atoms with Crippen LogP contribution in [0.3, 0.4) is 0 Å². The van der Waals surface area contributed by atoms with Gasteiger partial charge in [-0.05, 0) is 25.0 Å². The first kappa shape index (κ1) is 25.6. The molecule has 1 saturated carbocycles. The molecule has 1 aromatic carbocycles. The van der Waals surface area contributed by atoms with Gasteiger partial charge in [-0.1, -0.05) is 11.6 Å². The maximum atomic E-state index is 12.0. The highest BCUT2D eigenvalue weighted by Gasteiger charge is 2.41.